The Balaban J connectivity index is 1.90. The number of esters is 1. The Morgan fingerprint density at radius 3 is 2.52 bits per heavy atom. The number of carbonyl (C=O) groups is 3. The highest BCUT2D eigenvalue weighted by atomic mass is 35.5. The van der Waals surface area contributed by atoms with Gasteiger partial charge in [-0.05, 0) is 18.2 Å². The largest absolute Gasteiger partial charge is 0.496 e. The molecule has 0 aliphatic rings. The highest BCUT2D eigenvalue weighted by molar-refractivity contribution is 6.33. The fourth-order valence-corrected chi connectivity index (χ4v) is 2.15. The zero-order valence-corrected chi connectivity index (χ0v) is 14.8. The molecule has 0 atom stereocenters. The van der Waals surface area contributed by atoms with E-state index in [-0.39, 0.29) is 27.6 Å². The topological polar surface area (TPSA) is 120 Å². The number of benzene rings is 2. The minimum atomic E-state index is -0.885. The normalized spacial score (nSPS) is 10.0. The molecule has 4 N–H and O–H groups in total. The molecule has 2 amide bonds. The van der Waals surface area contributed by atoms with E-state index in [1.54, 1.807) is 0 Å². The van der Waals surface area contributed by atoms with E-state index in [1.165, 1.54) is 37.4 Å². The van der Waals surface area contributed by atoms with Crippen LogP contribution in [-0.4, -0.2) is 31.5 Å². The van der Waals surface area contributed by atoms with Gasteiger partial charge in [-0.3, -0.25) is 20.4 Å². The van der Waals surface area contributed by atoms with Crippen LogP contribution in [0.1, 0.15) is 20.7 Å². The van der Waals surface area contributed by atoms with Crippen LogP contribution in [0.5, 0.6) is 5.75 Å². The van der Waals surface area contributed by atoms with Crippen molar-refractivity contribution in [3.63, 3.8) is 0 Å². The van der Waals surface area contributed by atoms with E-state index in [2.05, 4.69) is 0 Å². The van der Waals surface area contributed by atoms with E-state index >= 15 is 0 Å². The second-order valence-electron chi connectivity index (χ2n) is 5.13. The van der Waals surface area contributed by atoms with Crippen molar-refractivity contribution in [1.82, 2.24) is 10.9 Å². The summed E-state index contributed by atoms with van der Waals surface area (Å²) in [6, 6.07) is 7.82. The Hall–Kier alpha value is -3.33. The molecule has 0 spiro atoms. The molecule has 27 heavy (non-hydrogen) atoms. The molecule has 0 saturated carbocycles. The predicted molar refractivity (Wildman–Crippen MR) is 94.7 cm³/mol. The maximum atomic E-state index is 13.5. The third kappa shape index (κ3) is 5.08. The third-order valence-electron chi connectivity index (χ3n) is 3.31. The standard InChI is InChI=1S/C17H15ClFN3O5/c1-26-14-7-13(20)11(18)6-10(14)17(25)27-8-15(23)21-22-16(24)9-4-2-3-5-12(9)19/h2-7H,8,20H2,1H3,(H,21,23)(H,22,24). The van der Waals surface area contributed by atoms with Gasteiger partial charge in [0, 0.05) is 6.07 Å². The first-order chi connectivity index (χ1) is 12.8. The van der Waals surface area contributed by atoms with Crippen molar-refractivity contribution in [2.45, 2.75) is 0 Å². The average Bonchev–Trinajstić information content (AvgIpc) is 2.66. The van der Waals surface area contributed by atoms with Gasteiger partial charge in [0.2, 0.25) is 0 Å². The minimum Gasteiger partial charge on any atom is -0.496 e. The van der Waals surface area contributed by atoms with E-state index in [1.807, 2.05) is 10.9 Å². The van der Waals surface area contributed by atoms with Crippen LogP contribution < -0.4 is 21.3 Å². The second-order valence-corrected chi connectivity index (χ2v) is 5.54. The average molecular weight is 396 g/mol. The van der Waals surface area contributed by atoms with Gasteiger partial charge in [0.05, 0.1) is 23.4 Å². The van der Waals surface area contributed by atoms with Crippen LogP contribution in [0.25, 0.3) is 0 Å². The zero-order valence-electron chi connectivity index (χ0n) is 14.0. The fraction of sp³-hybridized carbons (Fsp3) is 0.118. The molecule has 142 valence electrons. The Morgan fingerprint density at radius 2 is 1.85 bits per heavy atom. The molecule has 2 aromatic rings. The molecular formula is C17H15ClFN3O5. The van der Waals surface area contributed by atoms with Gasteiger partial charge >= 0.3 is 5.97 Å². The number of nitrogens with two attached hydrogens (primary N) is 1. The molecule has 2 rings (SSSR count). The molecular weight excluding hydrogens is 381 g/mol. The SMILES string of the molecule is COc1cc(N)c(Cl)cc1C(=O)OCC(=O)NNC(=O)c1ccccc1F. The first-order valence-corrected chi connectivity index (χ1v) is 7.85. The van der Waals surface area contributed by atoms with Crippen LogP contribution in [0, 0.1) is 5.82 Å². The number of anilines is 1. The number of halogens is 2. The lowest BCUT2D eigenvalue weighted by molar-refractivity contribution is -0.125. The smallest absolute Gasteiger partial charge is 0.342 e. The number of hydrogen-bond donors (Lipinski definition) is 3. The Bertz CT molecular complexity index is 891. The van der Waals surface area contributed by atoms with Gasteiger partial charge in [0.25, 0.3) is 11.8 Å². The van der Waals surface area contributed by atoms with E-state index in [0.29, 0.717) is 0 Å². The maximum absolute atomic E-state index is 13.5. The molecule has 0 saturated heterocycles. The number of nitrogens with one attached hydrogen (secondary N) is 2. The molecule has 2 aromatic carbocycles. The van der Waals surface area contributed by atoms with Crippen LogP contribution in [0.3, 0.4) is 0 Å². The molecule has 10 heteroatoms. The van der Waals surface area contributed by atoms with Gasteiger partial charge in [0.15, 0.2) is 6.61 Å². The monoisotopic (exact) mass is 395 g/mol. The Labute approximate surface area is 158 Å². The summed E-state index contributed by atoms with van der Waals surface area (Å²) in [4.78, 5) is 35.5. The van der Waals surface area contributed by atoms with Crippen molar-refractivity contribution < 1.29 is 28.2 Å². The van der Waals surface area contributed by atoms with Gasteiger partial charge in [0.1, 0.15) is 17.1 Å². The van der Waals surface area contributed by atoms with Crippen molar-refractivity contribution in [2.75, 3.05) is 19.5 Å². The summed E-state index contributed by atoms with van der Waals surface area (Å²) in [6.45, 7) is -0.707. The molecule has 0 aliphatic heterocycles. The number of rotatable bonds is 5. The Kier molecular flexibility index (Phi) is 6.56. The summed E-state index contributed by atoms with van der Waals surface area (Å²) in [5.41, 5.74) is 9.56. The summed E-state index contributed by atoms with van der Waals surface area (Å²) < 4.78 is 23.3. The lowest BCUT2D eigenvalue weighted by Crippen LogP contribution is -2.43. The zero-order chi connectivity index (χ0) is 20.0. The number of nitrogen functional groups attached to an aromatic ring is 1. The Morgan fingerprint density at radius 1 is 1.15 bits per heavy atom. The molecule has 0 aliphatic carbocycles. The third-order valence-corrected chi connectivity index (χ3v) is 3.63. The van der Waals surface area contributed by atoms with Crippen molar-refractivity contribution >= 4 is 35.1 Å². The van der Waals surface area contributed by atoms with Gasteiger partial charge in [-0.15, -0.1) is 0 Å². The van der Waals surface area contributed by atoms with Gasteiger partial charge in [-0.25, -0.2) is 9.18 Å². The first kappa shape index (κ1) is 20.0. The first-order valence-electron chi connectivity index (χ1n) is 7.47. The lowest BCUT2D eigenvalue weighted by Gasteiger charge is -2.11. The minimum absolute atomic E-state index is 0.0279. The maximum Gasteiger partial charge on any atom is 0.342 e. The molecule has 0 heterocycles. The van der Waals surface area contributed by atoms with E-state index < -0.39 is 30.2 Å². The number of amides is 2. The molecule has 0 unspecified atom stereocenters. The lowest BCUT2D eigenvalue weighted by atomic mass is 10.2. The van der Waals surface area contributed by atoms with Crippen LogP contribution >= 0.6 is 11.6 Å². The molecule has 0 radical (unpaired) electrons. The summed E-state index contributed by atoms with van der Waals surface area (Å²) in [7, 11) is 1.32. The fourth-order valence-electron chi connectivity index (χ4n) is 1.98. The predicted octanol–water partition coefficient (Wildman–Crippen LogP) is 1.69. The number of carbonyl (C=O) groups excluding carboxylic acids is 3. The molecule has 0 fully saturated rings. The highest BCUT2D eigenvalue weighted by Crippen LogP contribution is 2.29. The van der Waals surface area contributed by atoms with Crippen LogP contribution in [0.15, 0.2) is 36.4 Å². The van der Waals surface area contributed by atoms with Gasteiger partial charge < -0.3 is 15.2 Å². The number of methoxy groups -OCH3 is 1. The molecule has 0 aromatic heterocycles. The van der Waals surface area contributed by atoms with Crippen LogP contribution in [0.2, 0.25) is 5.02 Å². The van der Waals surface area contributed by atoms with Gasteiger partial charge in [-0.1, -0.05) is 23.7 Å². The van der Waals surface area contributed by atoms with Gasteiger partial charge in [-0.2, -0.15) is 0 Å². The van der Waals surface area contributed by atoms with Crippen LogP contribution in [-0.2, 0) is 9.53 Å². The number of hydrazine groups is 1. The molecule has 8 nitrogen and oxygen atoms in total. The van der Waals surface area contributed by atoms with Crippen LogP contribution in [0.4, 0.5) is 10.1 Å². The van der Waals surface area contributed by atoms with E-state index in [4.69, 9.17) is 26.8 Å². The molecule has 0 bridgehead atoms. The van der Waals surface area contributed by atoms with Crippen molar-refractivity contribution in [3.8, 4) is 5.75 Å². The number of hydrogen-bond acceptors (Lipinski definition) is 6. The van der Waals surface area contributed by atoms with E-state index in [9.17, 15) is 18.8 Å². The van der Waals surface area contributed by atoms with Crippen molar-refractivity contribution in [2.24, 2.45) is 0 Å². The quantitative estimate of drug-likeness (QED) is 0.402. The van der Waals surface area contributed by atoms with Crippen molar-refractivity contribution in [3.05, 3.63) is 58.4 Å². The summed E-state index contributed by atoms with van der Waals surface area (Å²) in [5, 5.41) is 0.115. The number of ether oxygens (including phenoxy) is 2. The summed E-state index contributed by atoms with van der Waals surface area (Å²) >= 11 is 5.86. The summed E-state index contributed by atoms with van der Waals surface area (Å²) in [5.74, 6) is -3.21. The second kappa shape index (κ2) is 8.86. The summed E-state index contributed by atoms with van der Waals surface area (Å²) in [6.07, 6.45) is 0. The highest BCUT2D eigenvalue weighted by Gasteiger charge is 2.18. The van der Waals surface area contributed by atoms with E-state index in [0.717, 1.165) is 6.07 Å². The van der Waals surface area contributed by atoms with Crippen molar-refractivity contribution in [1.29, 1.82) is 0 Å².